The standard InChI is InChI=1S/C16H23N3O4/c1-10(2)18-16(23)19-13-6-4-12(5-7-13)15(22)17-9-11(3)8-14(20)21/h4-7,10-11H,8-9H2,1-3H3,(H,17,22)(H,20,21)(H2,18,19,23). The fourth-order valence-corrected chi connectivity index (χ4v) is 1.87. The van der Waals surface area contributed by atoms with Gasteiger partial charge in [0.15, 0.2) is 0 Å². The number of benzene rings is 1. The average molecular weight is 321 g/mol. The van der Waals surface area contributed by atoms with Crippen LogP contribution in [0.3, 0.4) is 0 Å². The highest BCUT2D eigenvalue weighted by Gasteiger charge is 2.11. The van der Waals surface area contributed by atoms with Crippen molar-refractivity contribution in [1.82, 2.24) is 10.6 Å². The molecule has 1 aromatic rings. The van der Waals surface area contributed by atoms with Gasteiger partial charge in [0.1, 0.15) is 0 Å². The van der Waals surface area contributed by atoms with Crippen LogP contribution in [0.25, 0.3) is 0 Å². The van der Waals surface area contributed by atoms with Crippen LogP contribution in [0.4, 0.5) is 10.5 Å². The summed E-state index contributed by atoms with van der Waals surface area (Å²) >= 11 is 0. The molecule has 0 spiro atoms. The molecule has 0 aromatic heterocycles. The number of carbonyl (C=O) groups is 3. The number of hydrogen-bond acceptors (Lipinski definition) is 3. The van der Waals surface area contributed by atoms with Crippen molar-refractivity contribution in [2.75, 3.05) is 11.9 Å². The van der Waals surface area contributed by atoms with Gasteiger partial charge in [0.05, 0.1) is 0 Å². The zero-order valence-corrected chi connectivity index (χ0v) is 13.6. The molecule has 1 rings (SSSR count). The molecule has 0 fully saturated rings. The Balaban J connectivity index is 2.50. The SMILES string of the molecule is CC(CNC(=O)c1ccc(NC(=O)NC(C)C)cc1)CC(=O)O. The summed E-state index contributed by atoms with van der Waals surface area (Å²) in [4.78, 5) is 34.1. The van der Waals surface area contributed by atoms with Gasteiger partial charge in [0.25, 0.3) is 5.91 Å². The molecule has 4 N–H and O–H groups in total. The maximum atomic E-state index is 12.0. The van der Waals surface area contributed by atoms with Crippen LogP contribution in [-0.2, 0) is 4.79 Å². The van der Waals surface area contributed by atoms with E-state index >= 15 is 0 Å². The van der Waals surface area contributed by atoms with Crippen molar-refractivity contribution in [3.8, 4) is 0 Å². The molecule has 7 nitrogen and oxygen atoms in total. The molecule has 0 radical (unpaired) electrons. The molecule has 7 heteroatoms. The predicted octanol–water partition coefficient (Wildman–Crippen LogP) is 2.06. The van der Waals surface area contributed by atoms with Crippen LogP contribution in [0.2, 0.25) is 0 Å². The van der Waals surface area contributed by atoms with Gasteiger partial charge in [-0.25, -0.2) is 4.79 Å². The van der Waals surface area contributed by atoms with E-state index in [0.29, 0.717) is 17.8 Å². The number of rotatable bonds is 7. The van der Waals surface area contributed by atoms with Crippen molar-refractivity contribution in [2.45, 2.75) is 33.2 Å². The smallest absolute Gasteiger partial charge is 0.319 e. The highest BCUT2D eigenvalue weighted by molar-refractivity contribution is 5.95. The summed E-state index contributed by atoms with van der Waals surface area (Å²) in [6.07, 6.45) is 0.00804. The normalized spacial score (nSPS) is 11.7. The van der Waals surface area contributed by atoms with E-state index in [2.05, 4.69) is 16.0 Å². The molecule has 1 atom stereocenters. The van der Waals surface area contributed by atoms with Crippen molar-refractivity contribution in [3.63, 3.8) is 0 Å². The molecule has 0 bridgehead atoms. The van der Waals surface area contributed by atoms with Crippen molar-refractivity contribution in [1.29, 1.82) is 0 Å². The summed E-state index contributed by atoms with van der Waals surface area (Å²) in [5.74, 6) is -1.31. The number of hydrogen-bond donors (Lipinski definition) is 4. The number of nitrogens with one attached hydrogen (secondary N) is 3. The first kappa shape index (κ1) is 18.5. The van der Waals surface area contributed by atoms with Crippen LogP contribution < -0.4 is 16.0 Å². The number of anilines is 1. The highest BCUT2D eigenvalue weighted by Crippen LogP contribution is 2.10. The second kappa shape index (κ2) is 8.77. The monoisotopic (exact) mass is 321 g/mol. The Morgan fingerprint density at radius 3 is 2.22 bits per heavy atom. The third kappa shape index (κ3) is 7.30. The summed E-state index contributed by atoms with van der Waals surface area (Å²) < 4.78 is 0. The first-order chi connectivity index (χ1) is 10.8. The number of carboxylic acids is 1. The average Bonchev–Trinajstić information content (AvgIpc) is 2.44. The van der Waals surface area contributed by atoms with E-state index in [4.69, 9.17) is 5.11 Å². The predicted molar refractivity (Wildman–Crippen MR) is 87.5 cm³/mol. The van der Waals surface area contributed by atoms with E-state index in [1.165, 1.54) is 0 Å². The van der Waals surface area contributed by atoms with Crippen LogP contribution >= 0.6 is 0 Å². The lowest BCUT2D eigenvalue weighted by molar-refractivity contribution is -0.137. The molecule has 3 amide bonds. The van der Waals surface area contributed by atoms with E-state index in [-0.39, 0.29) is 30.3 Å². The molecule has 0 aliphatic heterocycles. The Hall–Kier alpha value is -2.57. The molecule has 0 saturated carbocycles. The fourth-order valence-electron chi connectivity index (χ4n) is 1.87. The second-order valence-electron chi connectivity index (χ2n) is 5.74. The summed E-state index contributed by atoms with van der Waals surface area (Å²) in [6, 6.07) is 6.20. The van der Waals surface area contributed by atoms with Crippen LogP contribution in [0.15, 0.2) is 24.3 Å². The molecule has 0 aliphatic carbocycles. The fraction of sp³-hybridized carbons (Fsp3) is 0.438. The molecular formula is C16H23N3O4. The molecule has 0 saturated heterocycles. The molecule has 1 unspecified atom stereocenters. The lowest BCUT2D eigenvalue weighted by atomic mass is 10.1. The molecule has 0 heterocycles. The summed E-state index contributed by atoms with van der Waals surface area (Å²) in [5.41, 5.74) is 1.03. The van der Waals surface area contributed by atoms with Gasteiger partial charge in [-0.05, 0) is 44.0 Å². The minimum atomic E-state index is -0.887. The quantitative estimate of drug-likeness (QED) is 0.616. The topological polar surface area (TPSA) is 108 Å². The highest BCUT2D eigenvalue weighted by atomic mass is 16.4. The van der Waals surface area contributed by atoms with Gasteiger partial charge in [-0.15, -0.1) is 0 Å². The van der Waals surface area contributed by atoms with Crippen molar-refractivity contribution in [2.24, 2.45) is 5.92 Å². The summed E-state index contributed by atoms with van der Waals surface area (Å²) in [6.45, 7) is 5.77. The van der Waals surface area contributed by atoms with Crippen LogP contribution in [0.5, 0.6) is 0 Å². The van der Waals surface area contributed by atoms with E-state index in [1.807, 2.05) is 13.8 Å². The van der Waals surface area contributed by atoms with Crippen LogP contribution in [0.1, 0.15) is 37.6 Å². The minimum absolute atomic E-state index is 0.00804. The van der Waals surface area contributed by atoms with Gasteiger partial charge < -0.3 is 21.1 Å². The maximum absolute atomic E-state index is 12.0. The second-order valence-corrected chi connectivity index (χ2v) is 5.74. The molecule has 126 valence electrons. The molecule has 1 aromatic carbocycles. The number of aliphatic carboxylic acids is 1. The van der Waals surface area contributed by atoms with E-state index < -0.39 is 5.97 Å². The van der Waals surface area contributed by atoms with Gasteiger partial charge in [-0.2, -0.15) is 0 Å². The van der Waals surface area contributed by atoms with Gasteiger partial charge in [0.2, 0.25) is 0 Å². The minimum Gasteiger partial charge on any atom is -0.481 e. The zero-order chi connectivity index (χ0) is 17.4. The first-order valence-electron chi connectivity index (χ1n) is 7.45. The maximum Gasteiger partial charge on any atom is 0.319 e. The van der Waals surface area contributed by atoms with E-state index in [0.717, 1.165) is 0 Å². The largest absolute Gasteiger partial charge is 0.481 e. The molecule has 0 aliphatic rings. The van der Waals surface area contributed by atoms with Gasteiger partial charge in [-0.3, -0.25) is 9.59 Å². The summed E-state index contributed by atoms with van der Waals surface area (Å²) in [5, 5.41) is 16.7. The van der Waals surface area contributed by atoms with Gasteiger partial charge >= 0.3 is 12.0 Å². The van der Waals surface area contributed by atoms with Crippen LogP contribution in [0, 0.1) is 5.92 Å². The molecule has 23 heavy (non-hydrogen) atoms. The number of carbonyl (C=O) groups excluding carboxylic acids is 2. The third-order valence-corrected chi connectivity index (χ3v) is 2.96. The number of urea groups is 1. The van der Waals surface area contributed by atoms with Gasteiger partial charge in [-0.1, -0.05) is 6.92 Å². The Morgan fingerprint density at radius 2 is 1.70 bits per heavy atom. The Morgan fingerprint density at radius 1 is 1.09 bits per heavy atom. The lowest BCUT2D eigenvalue weighted by Crippen LogP contribution is -2.34. The zero-order valence-electron chi connectivity index (χ0n) is 13.6. The number of carboxylic acid groups (broad SMARTS) is 1. The van der Waals surface area contributed by atoms with E-state index in [9.17, 15) is 14.4 Å². The Bertz CT molecular complexity index is 555. The van der Waals surface area contributed by atoms with Crippen molar-refractivity contribution >= 4 is 23.6 Å². The lowest BCUT2D eigenvalue weighted by Gasteiger charge is -2.12. The summed E-state index contributed by atoms with van der Waals surface area (Å²) in [7, 11) is 0. The van der Waals surface area contributed by atoms with E-state index in [1.54, 1.807) is 31.2 Å². The van der Waals surface area contributed by atoms with Crippen molar-refractivity contribution < 1.29 is 19.5 Å². The Kier molecular flexibility index (Phi) is 7.05. The van der Waals surface area contributed by atoms with Crippen molar-refractivity contribution in [3.05, 3.63) is 29.8 Å². The third-order valence-electron chi connectivity index (χ3n) is 2.96. The first-order valence-corrected chi connectivity index (χ1v) is 7.45. The molecular weight excluding hydrogens is 298 g/mol. The Labute approximate surface area is 135 Å². The van der Waals surface area contributed by atoms with Gasteiger partial charge in [0, 0.05) is 30.3 Å². The number of amides is 3. The van der Waals surface area contributed by atoms with Crippen LogP contribution in [-0.4, -0.2) is 35.6 Å².